The number of furan rings is 1. The molecule has 0 saturated heterocycles. The highest BCUT2D eigenvalue weighted by Gasteiger charge is 2.36. The number of ether oxygens (including phenoxy) is 1. The fourth-order valence-corrected chi connectivity index (χ4v) is 4.66. The Morgan fingerprint density at radius 2 is 1.85 bits per heavy atom. The average Bonchev–Trinajstić information content (AvgIpc) is 3.53. The molecule has 6 aromatic rings. The zero-order valence-electron chi connectivity index (χ0n) is 17.4. The number of aromatic amines is 1. The number of aromatic nitrogens is 5. The van der Waals surface area contributed by atoms with Gasteiger partial charge in [-0.05, 0) is 42.0 Å². The summed E-state index contributed by atoms with van der Waals surface area (Å²) in [6, 6.07) is 18.5. The van der Waals surface area contributed by atoms with Gasteiger partial charge in [0.2, 0.25) is 11.7 Å². The highest BCUT2D eigenvalue weighted by molar-refractivity contribution is 6.30. The monoisotopic (exact) mass is 467 g/mol. The van der Waals surface area contributed by atoms with Crippen LogP contribution in [0.2, 0.25) is 5.02 Å². The standard InChI is InChI=1S/C25H14ClN5O3/c26-14-9-7-13(8-10-14)18-19-21(15-4-1-2-5-16(15)28-24(19)32)34-25-20(18)23-29-22(17-6-3-11-33-17)30-31(23)12-27-25/h1-12,18H,(H,28,32). The van der Waals surface area contributed by atoms with Crippen LogP contribution in [0.1, 0.15) is 22.6 Å². The summed E-state index contributed by atoms with van der Waals surface area (Å²) in [5.74, 6) is 1.28. The molecule has 2 aromatic carbocycles. The summed E-state index contributed by atoms with van der Waals surface area (Å²) >= 11 is 6.17. The van der Waals surface area contributed by atoms with Gasteiger partial charge in [0.1, 0.15) is 12.1 Å². The molecule has 1 aliphatic rings. The Morgan fingerprint density at radius 3 is 2.68 bits per heavy atom. The Kier molecular flexibility index (Phi) is 3.95. The van der Waals surface area contributed by atoms with Crippen molar-refractivity contribution in [1.82, 2.24) is 24.6 Å². The molecule has 4 aromatic heterocycles. The van der Waals surface area contributed by atoms with Crippen LogP contribution in [0.15, 0.2) is 82.5 Å². The lowest BCUT2D eigenvalue weighted by Gasteiger charge is -2.27. The van der Waals surface area contributed by atoms with Crippen LogP contribution in [0.25, 0.3) is 28.1 Å². The third kappa shape index (κ3) is 2.72. The van der Waals surface area contributed by atoms with Crippen molar-refractivity contribution in [3.8, 4) is 23.2 Å². The van der Waals surface area contributed by atoms with Crippen molar-refractivity contribution in [1.29, 1.82) is 0 Å². The third-order valence-electron chi connectivity index (χ3n) is 6.02. The molecule has 0 spiro atoms. The molecule has 0 saturated carbocycles. The molecular formula is C25H14ClN5O3. The maximum atomic E-state index is 13.4. The minimum absolute atomic E-state index is 0.243. The molecule has 0 aliphatic carbocycles. The van der Waals surface area contributed by atoms with Gasteiger partial charge in [0.25, 0.3) is 5.56 Å². The van der Waals surface area contributed by atoms with Crippen molar-refractivity contribution >= 4 is 28.2 Å². The second-order valence-electron chi connectivity index (χ2n) is 7.97. The Morgan fingerprint density at radius 1 is 1.00 bits per heavy atom. The predicted molar refractivity (Wildman–Crippen MR) is 126 cm³/mol. The first-order valence-corrected chi connectivity index (χ1v) is 10.9. The fraction of sp³-hybridized carbons (Fsp3) is 0.0400. The maximum absolute atomic E-state index is 13.4. The number of nitrogens with one attached hydrogen (secondary N) is 1. The van der Waals surface area contributed by atoms with Crippen LogP contribution in [0.3, 0.4) is 0 Å². The number of benzene rings is 2. The fourth-order valence-electron chi connectivity index (χ4n) is 4.53. The molecule has 9 heteroatoms. The molecule has 1 atom stereocenters. The van der Waals surface area contributed by atoms with Crippen molar-refractivity contribution in [2.45, 2.75) is 5.92 Å². The minimum Gasteiger partial charge on any atom is -0.461 e. The van der Waals surface area contributed by atoms with Gasteiger partial charge < -0.3 is 14.1 Å². The molecule has 0 fully saturated rings. The van der Waals surface area contributed by atoms with E-state index in [0.717, 1.165) is 10.9 Å². The van der Waals surface area contributed by atoms with Crippen molar-refractivity contribution in [3.05, 3.63) is 105 Å². The maximum Gasteiger partial charge on any atom is 0.256 e. The van der Waals surface area contributed by atoms with E-state index in [9.17, 15) is 4.79 Å². The van der Waals surface area contributed by atoms with E-state index in [4.69, 9.17) is 25.7 Å². The van der Waals surface area contributed by atoms with Gasteiger partial charge >= 0.3 is 0 Å². The number of hydrogen-bond acceptors (Lipinski definition) is 6. The van der Waals surface area contributed by atoms with E-state index in [1.165, 1.54) is 0 Å². The molecule has 0 bridgehead atoms. The molecule has 5 heterocycles. The van der Waals surface area contributed by atoms with Crippen LogP contribution < -0.4 is 10.3 Å². The minimum atomic E-state index is -0.505. The Hall–Kier alpha value is -4.43. The number of rotatable bonds is 2. The topological polar surface area (TPSA) is 98.3 Å². The Balaban J connectivity index is 1.57. The van der Waals surface area contributed by atoms with Crippen LogP contribution in [-0.4, -0.2) is 24.6 Å². The van der Waals surface area contributed by atoms with Gasteiger partial charge in [-0.3, -0.25) is 4.79 Å². The molecule has 7 rings (SSSR count). The van der Waals surface area contributed by atoms with Crippen molar-refractivity contribution < 1.29 is 9.15 Å². The van der Waals surface area contributed by atoms with E-state index < -0.39 is 5.92 Å². The first-order valence-electron chi connectivity index (χ1n) is 10.5. The van der Waals surface area contributed by atoms with E-state index in [2.05, 4.69) is 15.1 Å². The smallest absolute Gasteiger partial charge is 0.256 e. The zero-order chi connectivity index (χ0) is 22.8. The van der Waals surface area contributed by atoms with Crippen LogP contribution in [0.4, 0.5) is 0 Å². The van der Waals surface area contributed by atoms with Gasteiger partial charge in [-0.2, -0.15) is 0 Å². The lowest BCUT2D eigenvalue weighted by atomic mass is 9.84. The number of halogens is 1. The molecule has 164 valence electrons. The quantitative estimate of drug-likeness (QED) is 0.377. The predicted octanol–water partition coefficient (Wildman–Crippen LogP) is 5.17. The van der Waals surface area contributed by atoms with Gasteiger partial charge in [-0.15, -0.1) is 5.10 Å². The summed E-state index contributed by atoms with van der Waals surface area (Å²) in [5, 5.41) is 5.91. The molecule has 34 heavy (non-hydrogen) atoms. The van der Waals surface area contributed by atoms with Crippen LogP contribution >= 0.6 is 11.6 Å². The summed E-state index contributed by atoms with van der Waals surface area (Å²) < 4.78 is 13.3. The van der Waals surface area contributed by atoms with E-state index in [1.54, 1.807) is 41.4 Å². The number of para-hydroxylation sites is 1. The number of nitrogens with zero attached hydrogens (tertiary/aromatic N) is 4. The first kappa shape index (κ1) is 19.1. The second-order valence-corrected chi connectivity index (χ2v) is 8.41. The number of hydrogen-bond donors (Lipinski definition) is 1. The molecule has 0 amide bonds. The lowest BCUT2D eigenvalue weighted by Crippen LogP contribution is -2.24. The van der Waals surface area contributed by atoms with Crippen LogP contribution in [0.5, 0.6) is 11.6 Å². The van der Waals surface area contributed by atoms with Gasteiger partial charge in [-0.1, -0.05) is 35.9 Å². The summed E-state index contributed by atoms with van der Waals surface area (Å²) in [6.07, 6.45) is 3.11. The summed E-state index contributed by atoms with van der Waals surface area (Å²) in [5.41, 5.74) is 2.94. The van der Waals surface area contributed by atoms with Gasteiger partial charge in [0, 0.05) is 10.4 Å². The summed E-state index contributed by atoms with van der Waals surface area (Å²) in [4.78, 5) is 25.7. The zero-order valence-corrected chi connectivity index (χ0v) is 18.2. The Bertz CT molecular complexity index is 1770. The largest absolute Gasteiger partial charge is 0.461 e. The molecular weight excluding hydrogens is 454 g/mol. The number of H-pyrrole nitrogens is 1. The second kappa shape index (κ2) is 7.03. The Labute approximate surface area is 196 Å². The first-order chi connectivity index (χ1) is 16.7. The highest BCUT2D eigenvalue weighted by atomic mass is 35.5. The van der Waals surface area contributed by atoms with Crippen LogP contribution in [-0.2, 0) is 0 Å². The number of fused-ring (bicyclic) bond motifs is 6. The summed E-state index contributed by atoms with van der Waals surface area (Å²) in [6.45, 7) is 0. The van der Waals surface area contributed by atoms with E-state index in [1.807, 2.05) is 36.4 Å². The van der Waals surface area contributed by atoms with E-state index in [0.29, 0.717) is 50.5 Å². The molecule has 1 N–H and O–H groups in total. The van der Waals surface area contributed by atoms with E-state index >= 15 is 0 Å². The lowest BCUT2D eigenvalue weighted by molar-refractivity contribution is 0.435. The highest BCUT2D eigenvalue weighted by Crippen LogP contribution is 2.48. The van der Waals surface area contributed by atoms with E-state index in [-0.39, 0.29) is 5.56 Å². The van der Waals surface area contributed by atoms with Gasteiger partial charge in [0.15, 0.2) is 11.4 Å². The van der Waals surface area contributed by atoms with Crippen molar-refractivity contribution in [2.24, 2.45) is 0 Å². The molecule has 8 nitrogen and oxygen atoms in total. The third-order valence-corrected chi connectivity index (χ3v) is 6.27. The van der Waals surface area contributed by atoms with Gasteiger partial charge in [-0.25, -0.2) is 14.5 Å². The SMILES string of the molecule is O=c1[nH]c2ccccc2c2c1C(c1ccc(Cl)cc1)c1c(ncn3nc(-c4ccco4)nc13)O2. The molecule has 1 aliphatic heterocycles. The van der Waals surface area contributed by atoms with Crippen LogP contribution in [0, 0.1) is 0 Å². The summed E-state index contributed by atoms with van der Waals surface area (Å²) in [7, 11) is 0. The van der Waals surface area contributed by atoms with Crippen molar-refractivity contribution in [3.63, 3.8) is 0 Å². The van der Waals surface area contributed by atoms with Crippen molar-refractivity contribution in [2.75, 3.05) is 0 Å². The normalized spacial score (nSPS) is 14.7. The molecule has 0 radical (unpaired) electrons. The average molecular weight is 468 g/mol. The number of pyridine rings is 1. The van der Waals surface area contributed by atoms with Gasteiger partial charge in [0.05, 0.1) is 28.8 Å². The molecule has 1 unspecified atom stereocenters.